The number of aliphatic hydroxyl groups excluding tert-OH is 1. The third kappa shape index (κ3) is 5.33. The van der Waals surface area contributed by atoms with Crippen molar-refractivity contribution in [1.82, 2.24) is 4.72 Å². The van der Waals surface area contributed by atoms with Gasteiger partial charge in [-0.25, -0.2) is 13.1 Å². The van der Waals surface area contributed by atoms with Crippen molar-refractivity contribution < 1.29 is 18.3 Å². The smallest absolute Gasteiger partial charge is 0.214 e. The standard InChI is InChI=1S/C11H23NO4S/c1-16-7-8-17(14,15)12-11-6-4-2-3-5-10(11)9-13/h10-13H,2-9H2,1H3/t10-,11+/m0/s1. The lowest BCUT2D eigenvalue weighted by atomic mass is 9.97. The summed E-state index contributed by atoms with van der Waals surface area (Å²) in [7, 11) is -1.80. The van der Waals surface area contributed by atoms with E-state index in [2.05, 4.69) is 4.72 Å². The fourth-order valence-electron chi connectivity index (χ4n) is 2.24. The monoisotopic (exact) mass is 265 g/mol. The first kappa shape index (κ1) is 14.9. The quantitative estimate of drug-likeness (QED) is 0.686. The second kappa shape index (κ2) is 7.31. The number of aliphatic hydroxyl groups is 1. The average Bonchev–Trinajstić information content (AvgIpc) is 2.51. The van der Waals surface area contributed by atoms with Gasteiger partial charge >= 0.3 is 0 Å². The second-order valence-electron chi connectivity index (χ2n) is 4.62. The Bertz CT molecular complexity index is 305. The molecule has 102 valence electrons. The fraction of sp³-hybridized carbons (Fsp3) is 1.00. The maximum absolute atomic E-state index is 11.8. The fourth-order valence-corrected chi connectivity index (χ4v) is 3.52. The molecule has 1 rings (SSSR count). The van der Waals surface area contributed by atoms with Gasteiger partial charge in [0.2, 0.25) is 10.0 Å². The Morgan fingerprint density at radius 2 is 2.00 bits per heavy atom. The molecule has 1 aliphatic rings. The molecular weight excluding hydrogens is 242 g/mol. The van der Waals surface area contributed by atoms with E-state index >= 15 is 0 Å². The van der Waals surface area contributed by atoms with Crippen molar-refractivity contribution in [2.75, 3.05) is 26.1 Å². The molecule has 0 spiro atoms. The van der Waals surface area contributed by atoms with Crippen LogP contribution in [0.5, 0.6) is 0 Å². The van der Waals surface area contributed by atoms with Crippen LogP contribution in [-0.4, -0.2) is 45.6 Å². The number of methoxy groups -OCH3 is 1. The lowest BCUT2D eigenvalue weighted by Gasteiger charge is -2.24. The van der Waals surface area contributed by atoms with E-state index in [1.54, 1.807) is 0 Å². The summed E-state index contributed by atoms with van der Waals surface area (Å²) in [4.78, 5) is 0. The maximum atomic E-state index is 11.8. The van der Waals surface area contributed by atoms with E-state index in [1.807, 2.05) is 0 Å². The van der Waals surface area contributed by atoms with Gasteiger partial charge in [0.1, 0.15) is 0 Å². The molecule has 0 aromatic rings. The van der Waals surface area contributed by atoms with Gasteiger partial charge in [0, 0.05) is 19.8 Å². The van der Waals surface area contributed by atoms with Crippen molar-refractivity contribution >= 4 is 10.0 Å². The molecule has 0 amide bonds. The number of hydrogen-bond acceptors (Lipinski definition) is 4. The lowest BCUT2D eigenvalue weighted by Crippen LogP contribution is -2.42. The molecule has 1 saturated carbocycles. The Morgan fingerprint density at radius 1 is 1.29 bits per heavy atom. The highest BCUT2D eigenvalue weighted by Gasteiger charge is 2.26. The molecule has 0 aliphatic heterocycles. The molecule has 0 saturated heterocycles. The minimum atomic E-state index is -3.29. The number of nitrogens with one attached hydrogen (secondary N) is 1. The largest absolute Gasteiger partial charge is 0.396 e. The summed E-state index contributed by atoms with van der Waals surface area (Å²) in [5.41, 5.74) is 0. The molecule has 0 bridgehead atoms. The highest BCUT2D eigenvalue weighted by Crippen LogP contribution is 2.23. The first-order chi connectivity index (χ1) is 8.09. The molecule has 0 unspecified atom stereocenters. The van der Waals surface area contributed by atoms with Gasteiger partial charge in [-0.3, -0.25) is 0 Å². The van der Waals surface area contributed by atoms with Gasteiger partial charge in [0.25, 0.3) is 0 Å². The van der Waals surface area contributed by atoms with Gasteiger partial charge in [0.15, 0.2) is 0 Å². The van der Waals surface area contributed by atoms with Crippen LogP contribution in [0.15, 0.2) is 0 Å². The Balaban J connectivity index is 2.56. The summed E-state index contributed by atoms with van der Waals surface area (Å²) in [6, 6.07) is -0.121. The normalized spacial score (nSPS) is 26.7. The second-order valence-corrected chi connectivity index (χ2v) is 6.49. The zero-order valence-corrected chi connectivity index (χ0v) is 11.2. The summed E-state index contributed by atoms with van der Waals surface area (Å²) in [5, 5.41) is 9.30. The van der Waals surface area contributed by atoms with Crippen LogP contribution < -0.4 is 4.72 Å². The van der Waals surface area contributed by atoms with E-state index < -0.39 is 10.0 Å². The Hall–Kier alpha value is -0.170. The van der Waals surface area contributed by atoms with E-state index in [0.29, 0.717) is 0 Å². The molecule has 2 N–H and O–H groups in total. The lowest BCUT2D eigenvalue weighted by molar-refractivity contribution is 0.190. The Labute approximate surface area is 104 Å². The molecular formula is C11H23NO4S. The summed E-state index contributed by atoms with van der Waals surface area (Å²) in [6.45, 7) is 0.253. The molecule has 0 aromatic heterocycles. The van der Waals surface area contributed by atoms with Crippen LogP contribution >= 0.6 is 0 Å². The maximum Gasteiger partial charge on any atom is 0.214 e. The summed E-state index contributed by atoms with van der Waals surface area (Å²) < 4.78 is 31.0. The zero-order valence-electron chi connectivity index (χ0n) is 10.4. The van der Waals surface area contributed by atoms with E-state index in [0.717, 1.165) is 32.1 Å². The molecule has 0 aromatic carbocycles. The van der Waals surface area contributed by atoms with Crippen LogP contribution in [0.2, 0.25) is 0 Å². The molecule has 0 radical (unpaired) electrons. The van der Waals surface area contributed by atoms with E-state index in [9.17, 15) is 13.5 Å². The predicted octanol–water partition coefficient (Wildman–Crippen LogP) is 0.493. The van der Waals surface area contributed by atoms with Crippen LogP contribution in [-0.2, 0) is 14.8 Å². The number of rotatable bonds is 6. The van der Waals surface area contributed by atoms with E-state index in [1.165, 1.54) is 7.11 Å². The average molecular weight is 265 g/mol. The molecule has 0 heterocycles. The van der Waals surface area contributed by atoms with Crippen LogP contribution in [0, 0.1) is 5.92 Å². The predicted molar refractivity (Wildman–Crippen MR) is 66.2 cm³/mol. The third-order valence-corrected chi connectivity index (χ3v) is 4.65. The summed E-state index contributed by atoms with van der Waals surface area (Å²) in [6.07, 6.45) is 4.92. The first-order valence-corrected chi connectivity index (χ1v) is 7.84. The summed E-state index contributed by atoms with van der Waals surface area (Å²) in [5.74, 6) is 0.0350. The molecule has 17 heavy (non-hydrogen) atoms. The van der Waals surface area contributed by atoms with Crippen molar-refractivity contribution in [1.29, 1.82) is 0 Å². The molecule has 1 fully saturated rings. The minimum Gasteiger partial charge on any atom is -0.396 e. The van der Waals surface area contributed by atoms with Crippen LogP contribution in [0.25, 0.3) is 0 Å². The molecule has 1 aliphatic carbocycles. The van der Waals surface area contributed by atoms with Crippen LogP contribution in [0.1, 0.15) is 32.1 Å². The summed E-state index contributed by atoms with van der Waals surface area (Å²) >= 11 is 0. The van der Waals surface area contributed by atoms with Gasteiger partial charge in [-0.1, -0.05) is 19.3 Å². The highest BCUT2D eigenvalue weighted by molar-refractivity contribution is 7.89. The van der Waals surface area contributed by atoms with Gasteiger partial charge in [-0.05, 0) is 18.8 Å². The van der Waals surface area contributed by atoms with Crippen LogP contribution in [0.3, 0.4) is 0 Å². The SMILES string of the molecule is COCCS(=O)(=O)N[C@@H]1CCCCC[C@H]1CO. The topological polar surface area (TPSA) is 75.6 Å². The zero-order chi connectivity index (χ0) is 12.7. The first-order valence-electron chi connectivity index (χ1n) is 6.19. The van der Waals surface area contributed by atoms with E-state index in [-0.39, 0.29) is 30.9 Å². The number of hydrogen-bond donors (Lipinski definition) is 2. The van der Waals surface area contributed by atoms with Crippen molar-refractivity contribution in [3.05, 3.63) is 0 Å². The van der Waals surface area contributed by atoms with Gasteiger partial charge in [-0.15, -0.1) is 0 Å². The minimum absolute atomic E-state index is 0.0157. The van der Waals surface area contributed by atoms with Gasteiger partial charge in [-0.2, -0.15) is 0 Å². The van der Waals surface area contributed by atoms with Crippen molar-refractivity contribution in [2.24, 2.45) is 5.92 Å². The Morgan fingerprint density at radius 3 is 2.65 bits per heavy atom. The molecule has 2 atom stereocenters. The highest BCUT2D eigenvalue weighted by atomic mass is 32.2. The molecule has 5 nitrogen and oxygen atoms in total. The van der Waals surface area contributed by atoms with Crippen molar-refractivity contribution in [3.8, 4) is 0 Å². The number of sulfonamides is 1. The van der Waals surface area contributed by atoms with Gasteiger partial charge < -0.3 is 9.84 Å². The third-order valence-electron chi connectivity index (χ3n) is 3.28. The van der Waals surface area contributed by atoms with Crippen LogP contribution in [0.4, 0.5) is 0 Å². The number of ether oxygens (including phenoxy) is 1. The Kier molecular flexibility index (Phi) is 6.40. The van der Waals surface area contributed by atoms with E-state index in [4.69, 9.17) is 4.74 Å². The van der Waals surface area contributed by atoms with Crippen molar-refractivity contribution in [2.45, 2.75) is 38.1 Å². The van der Waals surface area contributed by atoms with Crippen molar-refractivity contribution in [3.63, 3.8) is 0 Å². The van der Waals surface area contributed by atoms with Gasteiger partial charge in [0.05, 0.1) is 12.4 Å². The molecule has 6 heteroatoms.